The van der Waals surface area contributed by atoms with Gasteiger partial charge in [-0.1, -0.05) is 43.3 Å². The lowest BCUT2D eigenvalue weighted by molar-refractivity contribution is 0.536. The summed E-state index contributed by atoms with van der Waals surface area (Å²) in [4.78, 5) is 0. The monoisotopic (exact) mass is 174 g/mol. The summed E-state index contributed by atoms with van der Waals surface area (Å²) in [6.07, 6.45) is 5.57. The van der Waals surface area contributed by atoms with E-state index in [1.54, 1.807) is 0 Å². The van der Waals surface area contributed by atoms with Crippen LogP contribution in [0.25, 0.3) is 0 Å². The van der Waals surface area contributed by atoms with Crippen LogP contribution >= 0.6 is 0 Å². The van der Waals surface area contributed by atoms with Gasteiger partial charge in [-0.05, 0) is 30.7 Å². The highest BCUT2D eigenvalue weighted by Crippen LogP contribution is 2.13. The lowest BCUT2D eigenvalue weighted by Crippen LogP contribution is -1.98. The van der Waals surface area contributed by atoms with Crippen LogP contribution in [0, 0.1) is 5.92 Å². The first-order valence-electron chi connectivity index (χ1n) is 4.97. The van der Waals surface area contributed by atoms with E-state index in [0.29, 0.717) is 0 Å². The quantitative estimate of drug-likeness (QED) is 0.595. The van der Waals surface area contributed by atoms with Crippen LogP contribution < -0.4 is 0 Å². The molecule has 70 valence electrons. The molecule has 1 rings (SSSR count). The Kier molecular flexibility index (Phi) is 4.31. The van der Waals surface area contributed by atoms with Gasteiger partial charge in [0.2, 0.25) is 0 Å². The number of benzene rings is 1. The minimum Gasteiger partial charge on any atom is -0.103 e. The van der Waals surface area contributed by atoms with Gasteiger partial charge in [-0.15, -0.1) is 6.58 Å². The summed E-state index contributed by atoms with van der Waals surface area (Å²) in [5, 5.41) is 0. The fourth-order valence-electron chi connectivity index (χ4n) is 1.52. The number of allylic oxidation sites excluding steroid dienone is 1. The van der Waals surface area contributed by atoms with Crippen LogP contribution in [-0.4, -0.2) is 0 Å². The summed E-state index contributed by atoms with van der Waals surface area (Å²) < 4.78 is 0. The summed E-state index contributed by atoms with van der Waals surface area (Å²) >= 11 is 0. The van der Waals surface area contributed by atoms with Crippen molar-refractivity contribution in [1.82, 2.24) is 0 Å². The average Bonchev–Trinajstić information content (AvgIpc) is 2.16. The Bertz CT molecular complexity index is 235. The molecule has 0 heteroatoms. The zero-order valence-corrected chi connectivity index (χ0v) is 8.37. The Hall–Kier alpha value is -1.04. The summed E-state index contributed by atoms with van der Waals surface area (Å²) in [7, 11) is 0. The summed E-state index contributed by atoms with van der Waals surface area (Å²) in [6.45, 7) is 6.04. The van der Waals surface area contributed by atoms with Gasteiger partial charge in [-0.2, -0.15) is 0 Å². The topological polar surface area (TPSA) is 0 Å². The van der Waals surface area contributed by atoms with Gasteiger partial charge in [-0.3, -0.25) is 0 Å². The van der Waals surface area contributed by atoms with Gasteiger partial charge in [-0.25, -0.2) is 0 Å². The molecule has 1 unspecified atom stereocenters. The van der Waals surface area contributed by atoms with Crippen LogP contribution in [-0.2, 0) is 6.42 Å². The number of rotatable bonds is 5. The van der Waals surface area contributed by atoms with Gasteiger partial charge in [0.15, 0.2) is 0 Å². The van der Waals surface area contributed by atoms with Crippen molar-refractivity contribution in [3.05, 3.63) is 48.6 Å². The molecule has 0 amide bonds. The van der Waals surface area contributed by atoms with Gasteiger partial charge in [0.25, 0.3) is 0 Å². The first-order valence-corrected chi connectivity index (χ1v) is 4.97. The van der Waals surface area contributed by atoms with E-state index in [9.17, 15) is 0 Å². The van der Waals surface area contributed by atoms with Crippen molar-refractivity contribution in [1.29, 1.82) is 0 Å². The maximum absolute atomic E-state index is 3.74. The van der Waals surface area contributed by atoms with Crippen molar-refractivity contribution in [2.24, 2.45) is 5.92 Å². The molecule has 0 radical (unpaired) electrons. The van der Waals surface area contributed by atoms with Crippen LogP contribution in [0.2, 0.25) is 0 Å². The van der Waals surface area contributed by atoms with E-state index in [1.165, 1.54) is 18.4 Å². The summed E-state index contributed by atoms with van der Waals surface area (Å²) in [5.41, 5.74) is 1.44. The Labute approximate surface area is 81.3 Å². The molecule has 1 aromatic rings. The van der Waals surface area contributed by atoms with Crippen molar-refractivity contribution < 1.29 is 0 Å². The van der Waals surface area contributed by atoms with E-state index in [-0.39, 0.29) is 0 Å². The Morgan fingerprint density at radius 1 is 1.31 bits per heavy atom. The third kappa shape index (κ3) is 3.93. The molecule has 0 N–H and O–H groups in total. The van der Waals surface area contributed by atoms with E-state index in [2.05, 4.69) is 43.8 Å². The highest BCUT2D eigenvalue weighted by molar-refractivity contribution is 5.15. The zero-order chi connectivity index (χ0) is 9.52. The van der Waals surface area contributed by atoms with E-state index >= 15 is 0 Å². The normalized spacial score (nSPS) is 12.4. The highest BCUT2D eigenvalue weighted by atomic mass is 14.1. The molecule has 0 aliphatic heterocycles. The van der Waals surface area contributed by atoms with Crippen LogP contribution in [0.5, 0.6) is 0 Å². The van der Waals surface area contributed by atoms with Crippen LogP contribution in [0.3, 0.4) is 0 Å². The summed E-state index contributed by atoms with van der Waals surface area (Å²) in [6, 6.07) is 10.7. The zero-order valence-electron chi connectivity index (χ0n) is 8.37. The fraction of sp³-hybridized carbons (Fsp3) is 0.385. The van der Waals surface area contributed by atoms with Crippen LogP contribution in [0.15, 0.2) is 43.0 Å². The maximum atomic E-state index is 3.74. The first-order chi connectivity index (χ1) is 6.33. The standard InChI is InChI=1S/C13H18/c1-3-4-8-12(2)11-13-9-6-5-7-10-13/h3,5-7,9-10,12H,1,4,8,11H2,2H3. The smallest absolute Gasteiger partial charge is 0.0253 e. The maximum Gasteiger partial charge on any atom is -0.0253 e. The molecule has 0 saturated carbocycles. The lowest BCUT2D eigenvalue weighted by atomic mass is 9.97. The summed E-state index contributed by atoms with van der Waals surface area (Å²) in [5.74, 6) is 0.764. The molecule has 13 heavy (non-hydrogen) atoms. The molecule has 0 spiro atoms. The van der Waals surface area contributed by atoms with E-state index < -0.39 is 0 Å². The third-order valence-corrected chi connectivity index (χ3v) is 2.29. The largest absolute Gasteiger partial charge is 0.103 e. The molecule has 0 saturated heterocycles. The Morgan fingerprint density at radius 2 is 2.00 bits per heavy atom. The number of hydrogen-bond acceptors (Lipinski definition) is 0. The van der Waals surface area contributed by atoms with Crippen LogP contribution in [0.4, 0.5) is 0 Å². The van der Waals surface area contributed by atoms with E-state index in [4.69, 9.17) is 0 Å². The molecule has 0 bridgehead atoms. The van der Waals surface area contributed by atoms with Crippen molar-refractivity contribution in [3.8, 4) is 0 Å². The van der Waals surface area contributed by atoms with Gasteiger partial charge in [0, 0.05) is 0 Å². The molecule has 0 aliphatic rings. The highest BCUT2D eigenvalue weighted by Gasteiger charge is 2.01. The molecular formula is C13H18. The molecule has 0 nitrogen and oxygen atoms in total. The van der Waals surface area contributed by atoms with Crippen molar-refractivity contribution in [3.63, 3.8) is 0 Å². The molecule has 0 aromatic heterocycles. The second-order valence-corrected chi connectivity index (χ2v) is 3.66. The lowest BCUT2D eigenvalue weighted by Gasteiger charge is -2.09. The number of hydrogen-bond donors (Lipinski definition) is 0. The SMILES string of the molecule is C=CCCC(C)Cc1ccccc1. The molecule has 1 aromatic carbocycles. The Balaban J connectivity index is 2.36. The third-order valence-electron chi connectivity index (χ3n) is 2.29. The van der Waals surface area contributed by atoms with Crippen molar-refractivity contribution >= 4 is 0 Å². The van der Waals surface area contributed by atoms with E-state index in [1.807, 2.05) is 6.08 Å². The van der Waals surface area contributed by atoms with Gasteiger partial charge < -0.3 is 0 Å². The van der Waals surface area contributed by atoms with Crippen molar-refractivity contribution in [2.75, 3.05) is 0 Å². The van der Waals surface area contributed by atoms with Gasteiger partial charge in [0.1, 0.15) is 0 Å². The molecule has 0 aliphatic carbocycles. The second-order valence-electron chi connectivity index (χ2n) is 3.66. The minimum absolute atomic E-state index is 0.764. The first kappa shape index (κ1) is 10.0. The van der Waals surface area contributed by atoms with E-state index in [0.717, 1.165) is 12.3 Å². The minimum atomic E-state index is 0.764. The van der Waals surface area contributed by atoms with Gasteiger partial charge in [0.05, 0.1) is 0 Å². The van der Waals surface area contributed by atoms with Crippen LogP contribution in [0.1, 0.15) is 25.3 Å². The Morgan fingerprint density at radius 3 is 2.62 bits per heavy atom. The predicted octanol–water partition coefficient (Wildman–Crippen LogP) is 3.83. The molecule has 0 fully saturated rings. The average molecular weight is 174 g/mol. The second kappa shape index (κ2) is 5.58. The molecule has 1 atom stereocenters. The molecular weight excluding hydrogens is 156 g/mol. The van der Waals surface area contributed by atoms with Gasteiger partial charge >= 0.3 is 0 Å². The predicted molar refractivity (Wildman–Crippen MR) is 58.7 cm³/mol. The fourth-order valence-corrected chi connectivity index (χ4v) is 1.52. The van der Waals surface area contributed by atoms with Crippen molar-refractivity contribution in [2.45, 2.75) is 26.2 Å². The molecule has 0 heterocycles.